The Bertz CT molecular complexity index is 236. The number of ether oxygens (including phenoxy) is 2. The lowest BCUT2D eigenvalue weighted by Gasteiger charge is -2.16. The lowest BCUT2D eigenvalue weighted by molar-refractivity contribution is -0.140. The van der Waals surface area contributed by atoms with Gasteiger partial charge in [-0.3, -0.25) is 0 Å². The van der Waals surface area contributed by atoms with Gasteiger partial charge in [-0.1, -0.05) is 110 Å². The molecule has 0 N–H and O–H groups in total. The van der Waals surface area contributed by atoms with Gasteiger partial charge in [0.15, 0.2) is 6.29 Å². The third kappa shape index (κ3) is 20.2. The summed E-state index contributed by atoms with van der Waals surface area (Å²) in [7, 11) is 0. The van der Waals surface area contributed by atoms with Crippen molar-refractivity contribution >= 4 is 0 Å². The predicted molar refractivity (Wildman–Crippen MR) is 116 cm³/mol. The number of hydrogen-bond donors (Lipinski definition) is 0. The summed E-state index contributed by atoms with van der Waals surface area (Å²) in [6, 6.07) is 0. The second-order valence-electron chi connectivity index (χ2n) is 7.79. The van der Waals surface area contributed by atoms with Gasteiger partial charge in [0.25, 0.3) is 0 Å². The molecule has 0 aromatic carbocycles. The Kier molecular flexibility index (Phi) is 22.9. The molecule has 0 heterocycles. The molecular formula is C24H50O2. The third-order valence-electron chi connectivity index (χ3n) is 5.25. The fourth-order valence-electron chi connectivity index (χ4n) is 3.62. The van der Waals surface area contributed by atoms with Crippen molar-refractivity contribution in [3.05, 3.63) is 0 Å². The summed E-state index contributed by atoms with van der Waals surface area (Å²) in [4.78, 5) is 0. The minimum Gasteiger partial charge on any atom is -0.353 e. The summed E-state index contributed by atoms with van der Waals surface area (Å²) < 4.78 is 11.2. The van der Waals surface area contributed by atoms with Gasteiger partial charge in [0.2, 0.25) is 0 Å². The van der Waals surface area contributed by atoms with Crippen LogP contribution in [0.25, 0.3) is 0 Å². The molecule has 0 radical (unpaired) electrons. The SMILES string of the molecule is CCCCCCCCCCCCCCCCCCCC(OCC)OCC. The molecule has 158 valence electrons. The van der Waals surface area contributed by atoms with E-state index in [0.717, 1.165) is 19.6 Å². The van der Waals surface area contributed by atoms with Gasteiger partial charge in [0.05, 0.1) is 0 Å². The molecular weight excluding hydrogens is 320 g/mol. The molecule has 0 aromatic heterocycles. The fourth-order valence-corrected chi connectivity index (χ4v) is 3.62. The van der Waals surface area contributed by atoms with E-state index < -0.39 is 0 Å². The quantitative estimate of drug-likeness (QED) is 0.141. The van der Waals surface area contributed by atoms with Gasteiger partial charge >= 0.3 is 0 Å². The van der Waals surface area contributed by atoms with Crippen molar-refractivity contribution in [3.8, 4) is 0 Å². The van der Waals surface area contributed by atoms with E-state index in [9.17, 15) is 0 Å². The molecule has 0 fully saturated rings. The van der Waals surface area contributed by atoms with E-state index in [4.69, 9.17) is 9.47 Å². The summed E-state index contributed by atoms with van der Waals surface area (Å²) in [6.45, 7) is 7.89. The summed E-state index contributed by atoms with van der Waals surface area (Å²) in [5.41, 5.74) is 0. The third-order valence-corrected chi connectivity index (χ3v) is 5.25. The van der Waals surface area contributed by atoms with E-state index in [0.29, 0.717) is 0 Å². The van der Waals surface area contributed by atoms with Crippen LogP contribution in [-0.2, 0) is 9.47 Å². The van der Waals surface area contributed by atoms with Crippen molar-refractivity contribution in [2.24, 2.45) is 0 Å². The second kappa shape index (κ2) is 23.0. The molecule has 0 bridgehead atoms. The van der Waals surface area contributed by atoms with Gasteiger partial charge in [-0.25, -0.2) is 0 Å². The van der Waals surface area contributed by atoms with Crippen LogP contribution >= 0.6 is 0 Å². The molecule has 0 spiro atoms. The molecule has 2 heteroatoms. The van der Waals surface area contributed by atoms with Gasteiger partial charge in [-0.15, -0.1) is 0 Å². The highest BCUT2D eigenvalue weighted by Crippen LogP contribution is 2.15. The van der Waals surface area contributed by atoms with E-state index in [1.165, 1.54) is 109 Å². The molecule has 0 saturated heterocycles. The average Bonchev–Trinajstić information content (AvgIpc) is 2.64. The Morgan fingerprint density at radius 2 is 0.731 bits per heavy atom. The molecule has 0 aromatic rings. The molecule has 2 nitrogen and oxygen atoms in total. The highest BCUT2D eigenvalue weighted by Gasteiger charge is 2.06. The smallest absolute Gasteiger partial charge is 0.157 e. The Hall–Kier alpha value is -0.0800. The molecule has 0 saturated carbocycles. The van der Waals surface area contributed by atoms with Gasteiger partial charge in [-0.05, 0) is 26.7 Å². The molecule has 0 unspecified atom stereocenters. The van der Waals surface area contributed by atoms with Crippen molar-refractivity contribution in [2.75, 3.05) is 13.2 Å². The highest BCUT2D eigenvalue weighted by atomic mass is 16.7. The Balaban J connectivity index is 3.13. The highest BCUT2D eigenvalue weighted by molar-refractivity contribution is 4.51. The van der Waals surface area contributed by atoms with Gasteiger partial charge in [0.1, 0.15) is 0 Å². The minimum atomic E-state index is 0.0290. The van der Waals surface area contributed by atoms with E-state index in [1.54, 1.807) is 0 Å². The zero-order valence-electron chi connectivity index (χ0n) is 18.5. The van der Waals surface area contributed by atoms with Crippen LogP contribution in [-0.4, -0.2) is 19.5 Å². The van der Waals surface area contributed by atoms with Gasteiger partial charge < -0.3 is 9.47 Å². The van der Waals surface area contributed by atoms with Crippen LogP contribution in [0.3, 0.4) is 0 Å². The monoisotopic (exact) mass is 370 g/mol. The first-order chi connectivity index (χ1) is 12.8. The summed E-state index contributed by atoms with van der Waals surface area (Å²) >= 11 is 0. The normalized spacial score (nSPS) is 11.5. The standard InChI is InChI=1S/C24H50O2/c1-4-7-8-9-10-11-12-13-14-15-16-17-18-19-20-21-22-23-24(25-5-2)26-6-3/h24H,4-23H2,1-3H3. The summed E-state index contributed by atoms with van der Waals surface area (Å²) in [6.07, 6.45) is 25.3. The Morgan fingerprint density at radius 3 is 1.04 bits per heavy atom. The summed E-state index contributed by atoms with van der Waals surface area (Å²) in [5.74, 6) is 0. The van der Waals surface area contributed by atoms with Crippen molar-refractivity contribution in [3.63, 3.8) is 0 Å². The van der Waals surface area contributed by atoms with Crippen LogP contribution in [0.4, 0.5) is 0 Å². The van der Waals surface area contributed by atoms with Gasteiger partial charge in [-0.2, -0.15) is 0 Å². The van der Waals surface area contributed by atoms with Crippen LogP contribution in [0.1, 0.15) is 136 Å². The molecule has 26 heavy (non-hydrogen) atoms. The fraction of sp³-hybridized carbons (Fsp3) is 1.00. The van der Waals surface area contributed by atoms with E-state index in [-0.39, 0.29) is 6.29 Å². The maximum absolute atomic E-state index is 5.59. The van der Waals surface area contributed by atoms with Crippen LogP contribution in [0.5, 0.6) is 0 Å². The molecule has 0 rings (SSSR count). The first kappa shape index (κ1) is 25.9. The molecule has 0 atom stereocenters. The molecule has 0 aliphatic carbocycles. The van der Waals surface area contributed by atoms with Crippen LogP contribution in [0.15, 0.2) is 0 Å². The van der Waals surface area contributed by atoms with Crippen LogP contribution < -0.4 is 0 Å². The van der Waals surface area contributed by atoms with Crippen LogP contribution in [0, 0.1) is 0 Å². The molecule has 0 aliphatic heterocycles. The summed E-state index contributed by atoms with van der Waals surface area (Å²) in [5, 5.41) is 0. The lowest BCUT2D eigenvalue weighted by Crippen LogP contribution is -2.17. The number of rotatable bonds is 22. The van der Waals surface area contributed by atoms with Crippen LogP contribution in [0.2, 0.25) is 0 Å². The van der Waals surface area contributed by atoms with Crippen molar-refractivity contribution in [1.29, 1.82) is 0 Å². The van der Waals surface area contributed by atoms with Crippen molar-refractivity contribution in [1.82, 2.24) is 0 Å². The van der Waals surface area contributed by atoms with E-state index >= 15 is 0 Å². The lowest BCUT2D eigenvalue weighted by atomic mass is 10.0. The first-order valence-electron chi connectivity index (χ1n) is 12.1. The van der Waals surface area contributed by atoms with Crippen molar-refractivity contribution < 1.29 is 9.47 Å². The maximum Gasteiger partial charge on any atom is 0.157 e. The largest absolute Gasteiger partial charge is 0.353 e. The van der Waals surface area contributed by atoms with E-state index in [2.05, 4.69) is 6.92 Å². The minimum absolute atomic E-state index is 0.0290. The predicted octanol–water partition coefficient (Wildman–Crippen LogP) is 8.43. The topological polar surface area (TPSA) is 18.5 Å². The first-order valence-corrected chi connectivity index (χ1v) is 12.1. The maximum atomic E-state index is 5.59. The Labute approximate surface area is 165 Å². The van der Waals surface area contributed by atoms with Gasteiger partial charge in [0, 0.05) is 13.2 Å². The zero-order chi connectivity index (χ0) is 19.1. The van der Waals surface area contributed by atoms with Crippen molar-refractivity contribution in [2.45, 2.75) is 143 Å². The van der Waals surface area contributed by atoms with E-state index in [1.807, 2.05) is 13.8 Å². The number of hydrogen-bond acceptors (Lipinski definition) is 2. The molecule has 0 aliphatic rings. The second-order valence-corrected chi connectivity index (χ2v) is 7.79. The number of unbranched alkanes of at least 4 members (excludes halogenated alkanes) is 16. The Morgan fingerprint density at radius 1 is 0.423 bits per heavy atom. The average molecular weight is 371 g/mol. The zero-order valence-corrected chi connectivity index (χ0v) is 18.5. The molecule has 0 amide bonds.